The molecule has 0 atom stereocenters. The maximum atomic E-state index is 13.6. The molecule has 2 aromatic rings. The van der Waals surface area contributed by atoms with Crippen LogP contribution in [0.1, 0.15) is 47.4 Å². The largest absolute Gasteiger partial charge is 0.493 e. The third-order valence-corrected chi connectivity index (χ3v) is 7.76. The molecule has 0 aliphatic heterocycles. The van der Waals surface area contributed by atoms with Gasteiger partial charge in [0.25, 0.3) is 5.91 Å². The van der Waals surface area contributed by atoms with E-state index in [1.807, 2.05) is 29.2 Å². The van der Waals surface area contributed by atoms with E-state index in [4.69, 9.17) is 32.7 Å². The third-order valence-electron chi connectivity index (χ3n) is 6.40. The molecular formula is C26H34Cl2N2O4S. The summed E-state index contributed by atoms with van der Waals surface area (Å²) in [5.41, 5.74) is 1.03. The molecule has 1 saturated carbocycles. The Morgan fingerprint density at radius 3 is 2.37 bits per heavy atom. The summed E-state index contributed by atoms with van der Waals surface area (Å²) >= 11 is 13.6. The number of carbonyl (C=O) groups excluding carboxylic acids is 2. The van der Waals surface area contributed by atoms with E-state index in [0.29, 0.717) is 31.0 Å². The van der Waals surface area contributed by atoms with Crippen molar-refractivity contribution in [3.63, 3.8) is 0 Å². The summed E-state index contributed by atoms with van der Waals surface area (Å²) in [4.78, 5) is 31.0. The third kappa shape index (κ3) is 7.76. The number of methoxy groups -OCH3 is 2. The van der Waals surface area contributed by atoms with Crippen molar-refractivity contribution < 1.29 is 19.1 Å². The first-order valence-electron chi connectivity index (χ1n) is 11.9. The van der Waals surface area contributed by atoms with Crippen molar-refractivity contribution in [3.8, 4) is 11.5 Å². The Hall–Kier alpha value is -1.96. The molecule has 1 aliphatic rings. The Balaban J connectivity index is 1.78. The predicted octanol–water partition coefficient (Wildman–Crippen LogP) is 5.61. The zero-order valence-corrected chi connectivity index (χ0v) is 22.9. The van der Waals surface area contributed by atoms with E-state index in [1.54, 1.807) is 30.5 Å². The zero-order chi connectivity index (χ0) is 25.4. The molecule has 1 heterocycles. The van der Waals surface area contributed by atoms with E-state index < -0.39 is 4.84 Å². The molecule has 6 nitrogen and oxygen atoms in total. The molecule has 1 aliphatic carbocycles. The number of ether oxygens (including phenoxy) is 2. The first-order chi connectivity index (χ1) is 16.8. The average molecular weight is 542 g/mol. The Bertz CT molecular complexity index is 991. The molecule has 0 N–H and O–H groups in total. The number of halogens is 2. The standard InChI is InChI=1S/C26H34Cl2N2O4S/c1-18-9-11-21(35-18)16-29(14-13-19-10-12-22(33-2)23(15-19)34-3)24(31)17-30(26(32)25(27)28)20-7-5-4-6-8-20/h9-12,15,20,25H,4-8,13-14,16-17H2,1-3H3. The molecule has 0 radical (unpaired) electrons. The smallest absolute Gasteiger partial charge is 0.256 e. The molecule has 0 saturated heterocycles. The summed E-state index contributed by atoms with van der Waals surface area (Å²) < 4.78 is 10.8. The van der Waals surface area contributed by atoms with Crippen molar-refractivity contribution >= 4 is 46.4 Å². The number of nitrogens with zero attached hydrogens (tertiary/aromatic N) is 2. The van der Waals surface area contributed by atoms with Gasteiger partial charge in [0.2, 0.25) is 5.91 Å². The fraction of sp³-hybridized carbons (Fsp3) is 0.538. The molecule has 0 unspecified atom stereocenters. The molecule has 3 rings (SSSR count). The van der Waals surface area contributed by atoms with Crippen molar-refractivity contribution in [2.75, 3.05) is 27.3 Å². The van der Waals surface area contributed by atoms with E-state index >= 15 is 0 Å². The Morgan fingerprint density at radius 1 is 1.06 bits per heavy atom. The molecule has 1 aromatic heterocycles. The summed E-state index contributed by atoms with van der Waals surface area (Å²) in [5, 5.41) is 0. The van der Waals surface area contributed by atoms with Gasteiger partial charge in [0, 0.05) is 22.3 Å². The van der Waals surface area contributed by atoms with Gasteiger partial charge in [0.15, 0.2) is 16.3 Å². The van der Waals surface area contributed by atoms with Crippen molar-refractivity contribution in [3.05, 3.63) is 45.6 Å². The molecular weight excluding hydrogens is 507 g/mol. The number of thiophene rings is 1. The SMILES string of the molecule is COc1ccc(CCN(Cc2ccc(C)s2)C(=O)CN(C(=O)C(Cl)Cl)C2CCCCC2)cc1OC. The van der Waals surface area contributed by atoms with Crippen LogP contribution in [0.25, 0.3) is 0 Å². The van der Waals surface area contributed by atoms with Gasteiger partial charge in [0.05, 0.1) is 20.8 Å². The van der Waals surface area contributed by atoms with Gasteiger partial charge in [-0.3, -0.25) is 9.59 Å². The minimum Gasteiger partial charge on any atom is -0.493 e. The summed E-state index contributed by atoms with van der Waals surface area (Å²) in [7, 11) is 3.21. The van der Waals surface area contributed by atoms with E-state index in [0.717, 1.165) is 42.5 Å². The topological polar surface area (TPSA) is 59.1 Å². The Labute approximate surface area is 222 Å². The van der Waals surface area contributed by atoms with E-state index in [9.17, 15) is 9.59 Å². The van der Waals surface area contributed by atoms with Crippen LogP contribution in [0.15, 0.2) is 30.3 Å². The highest BCUT2D eigenvalue weighted by molar-refractivity contribution is 7.11. The van der Waals surface area contributed by atoms with E-state index in [1.165, 1.54) is 4.88 Å². The van der Waals surface area contributed by atoms with Gasteiger partial charge in [-0.05, 0) is 56.0 Å². The summed E-state index contributed by atoms with van der Waals surface area (Å²) in [6.45, 7) is 3.02. The van der Waals surface area contributed by atoms with Crippen molar-refractivity contribution in [2.24, 2.45) is 0 Å². The number of amides is 2. The molecule has 1 aromatic carbocycles. The van der Waals surface area contributed by atoms with Gasteiger partial charge >= 0.3 is 0 Å². The number of hydrogen-bond donors (Lipinski definition) is 0. The van der Waals surface area contributed by atoms with Crippen molar-refractivity contribution in [1.82, 2.24) is 9.80 Å². The van der Waals surface area contributed by atoms with E-state index in [-0.39, 0.29) is 24.4 Å². The fourth-order valence-corrected chi connectivity index (χ4v) is 5.66. The lowest BCUT2D eigenvalue weighted by Gasteiger charge is -2.35. The van der Waals surface area contributed by atoms with Crippen molar-refractivity contribution in [2.45, 2.75) is 62.9 Å². The zero-order valence-electron chi connectivity index (χ0n) is 20.6. The van der Waals surface area contributed by atoms with Gasteiger partial charge < -0.3 is 19.3 Å². The molecule has 1 fully saturated rings. The van der Waals surface area contributed by atoms with Crippen LogP contribution >= 0.6 is 34.5 Å². The average Bonchev–Trinajstić information content (AvgIpc) is 3.29. The van der Waals surface area contributed by atoms with Gasteiger partial charge in [-0.1, -0.05) is 48.5 Å². The maximum Gasteiger partial charge on any atom is 0.256 e. The van der Waals surface area contributed by atoms with Gasteiger partial charge in [-0.15, -0.1) is 11.3 Å². The number of hydrogen-bond acceptors (Lipinski definition) is 5. The van der Waals surface area contributed by atoms with Crippen LogP contribution in [0.2, 0.25) is 0 Å². The second-order valence-corrected chi connectivity index (χ2v) is 11.3. The Morgan fingerprint density at radius 2 is 1.77 bits per heavy atom. The second-order valence-electron chi connectivity index (χ2n) is 8.83. The molecule has 0 bridgehead atoms. The lowest BCUT2D eigenvalue weighted by atomic mass is 9.94. The lowest BCUT2D eigenvalue weighted by Crippen LogP contribution is -2.50. The van der Waals surface area contributed by atoms with Gasteiger partial charge in [0.1, 0.15) is 6.54 Å². The quantitative estimate of drug-likeness (QED) is 0.347. The number of alkyl halides is 2. The van der Waals surface area contributed by atoms with Crippen LogP contribution in [0.5, 0.6) is 11.5 Å². The van der Waals surface area contributed by atoms with Gasteiger partial charge in [-0.25, -0.2) is 0 Å². The second kappa shape index (κ2) is 13.4. The number of benzene rings is 1. The van der Waals surface area contributed by atoms with Crippen LogP contribution in [0, 0.1) is 6.92 Å². The number of aryl methyl sites for hydroxylation is 1. The van der Waals surface area contributed by atoms with Crippen LogP contribution in [-0.4, -0.2) is 59.8 Å². The highest BCUT2D eigenvalue weighted by Gasteiger charge is 2.31. The normalized spacial score (nSPS) is 14.1. The number of rotatable bonds is 11. The molecule has 192 valence electrons. The monoisotopic (exact) mass is 540 g/mol. The maximum absolute atomic E-state index is 13.6. The first kappa shape index (κ1) is 27.6. The summed E-state index contributed by atoms with van der Waals surface area (Å²) in [6.07, 6.45) is 5.60. The Kier molecular flexibility index (Phi) is 10.6. The summed E-state index contributed by atoms with van der Waals surface area (Å²) in [6, 6.07) is 9.88. The fourth-order valence-electron chi connectivity index (χ4n) is 4.50. The molecule has 2 amide bonds. The highest BCUT2D eigenvalue weighted by atomic mass is 35.5. The molecule has 0 spiro atoms. The first-order valence-corrected chi connectivity index (χ1v) is 13.6. The minimum absolute atomic E-state index is 0.00289. The van der Waals surface area contributed by atoms with Crippen LogP contribution < -0.4 is 9.47 Å². The molecule has 35 heavy (non-hydrogen) atoms. The lowest BCUT2D eigenvalue weighted by molar-refractivity contribution is -0.142. The van der Waals surface area contributed by atoms with Gasteiger partial charge in [-0.2, -0.15) is 0 Å². The van der Waals surface area contributed by atoms with Crippen LogP contribution in [-0.2, 0) is 22.6 Å². The van der Waals surface area contributed by atoms with E-state index in [2.05, 4.69) is 13.0 Å². The predicted molar refractivity (Wildman–Crippen MR) is 142 cm³/mol. The van der Waals surface area contributed by atoms with Crippen molar-refractivity contribution in [1.29, 1.82) is 0 Å². The van der Waals surface area contributed by atoms with Crippen LogP contribution in [0.3, 0.4) is 0 Å². The molecule has 9 heteroatoms. The minimum atomic E-state index is -1.18. The summed E-state index contributed by atoms with van der Waals surface area (Å²) in [5.74, 6) is 0.822. The highest BCUT2D eigenvalue weighted by Crippen LogP contribution is 2.28. The number of carbonyl (C=O) groups is 2. The van der Waals surface area contributed by atoms with Crippen LogP contribution in [0.4, 0.5) is 0 Å².